The molecule has 1 fully saturated rings. The Hall–Kier alpha value is -1.85. The molecular weight excluding hydrogens is 302 g/mol. The molecule has 0 aliphatic carbocycles. The zero-order valence-corrected chi connectivity index (χ0v) is 14.8. The van der Waals surface area contributed by atoms with Crippen LogP contribution in [0.4, 0.5) is 0 Å². The Morgan fingerprint density at radius 3 is 2.75 bits per heavy atom. The van der Waals surface area contributed by atoms with Crippen molar-refractivity contribution in [3.05, 3.63) is 35.9 Å². The molecule has 1 aromatic rings. The standard InChI is InChI=1S/C19H29N3O2/c1-3-24-18-8-5-4-7-17(18)9-10-19(23)20-11-6-12-22-15-13-21(2)14-16-22/h4-5,7-10H,3,6,11-16H2,1-2H3,(H,20,23)/b10-9+. The van der Waals surface area contributed by atoms with E-state index < -0.39 is 0 Å². The van der Waals surface area contributed by atoms with Crippen LogP contribution in [-0.4, -0.2) is 68.6 Å². The van der Waals surface area contributed by atoms with E-state index in [-0.39, 0.29) is 5.91 Å². The first-order valence-electron chi connectivity index (χ1n) is 8.77. The van der Waals surface area contributed by atoms with Gasteiger partial charge in [-0.3, -0.25) is 4.79 Å². The molecule has 5 heteroatoms. The van der Waals surface area contributed by atoms with Gasteiger partial charge < -0.3 is 19.9 Å². The molecule has 1 aliphatic rings. The van der Waals surface area contributed by atoms with E-state index in [0.29, 0.717) is 13.2 Å². The van der Waals surface area contributed by atoms with Crippen LogP contribution >= 0.6 is 0 Å². The summed E-state index contributed by atoms with van der Waals surface area (Å²) in [6.45, 7) is 8.84. The summed E-state index contributed by atoms with van der Waals surface area (Å²) in [4.78, 5) is 16.7. The third kappa shape index (κ3) is 6.34. The van der Waals surface area contributed by atoms with Gasteiger partial charge in [-0.2, -0.15) is 0 Å². The highest BCUT2D eigenvalue weighted by Crippen LogP contribution is 2.19. The average molecular weight is 331 g/mol. The smallest absolute Gasteiger partial charge is 0.244 e. The Balaban J connectivity index is 1.68. The maximum Gasteiger partial charge on any atom is 0.244 e. The number of hydrogen-bond donors (Lipinski definition) is 1. The number of benzene rings is 1. The van der Waals surface area contributed by atoms with Gasteiger partial charge in [-0.25, -0.2) is 0 Å². The van der Waals surface area contributed by atoms with E-state index in [1.807, 2.05) is 31.2 Å². The van der Waals surface area contributed by atoms with Crippen LogP contribution < -0.4 is 10.1 Å². The molecule has 1 aliphatic heterocycles. The molecule has 1 heterocycles. The summed E-state index contributed by atoms with van der Waals surface area (Å²) in [6, 6.07) is 7.73. The van der Waals surface area contributed by atoms with E-state index in [9.17, 15) is 4.79 Å². The summed E-state index contributed by atoms with van der Waals surface area (Å²) in [5.41, 5.74) is 0.923. The summed E-state index contributed by atoms with van der Waals surface area (Å²) in [5.74, 6) is 0.749. The SMILES string of the molecule is CCOc1ccccc1/C=C/C(=O)NCCCN1CCN(C)CC1. The van der Waals surface area contributed by atoms with Crippen LogP contribution in [0.2, 0.25) is 0 Å². The van der Waals surface area contributed by atoms with Crippen molar-refractivity contribution in [2.24, 2.45) is 0 Å². The minimum absolute atomic E-state index is 0.0559. The Morgan fingerprint density at radius 1 is 1.25 bits per heavy atom. The lowest BCUT2D eigenvalue weighted by atomic mass is 10.2. The predicted octanol–water partition coefficient (Wildman–Crippen LogP) is 1.85. The van der Waals surface area contributed by atoms with Crippen molar-refractivity contribution in [2.45, 2.75) is 13.3 Å². The van der Waals surface area contributed by atoms with Crippen LogP contribution in [0.15, 0.2) is 30.3 Å². The lowest BCUT2D eigenvalue weighted by molar-refractivity contribution is -0.116. The second-order valence-electron chi connectivity index (χ2n) is 6.09. The number of carbonyl (C=O) groups excluding carboxylic acids is 1. The quantitative estimate of drug-likeness (QED) is 0.583. The van der Waals surface area contributed by atoms with E-state index in [1.165, 1.54) is 0 Å². The lowest BCUT2D eigenvalue weighted by Crippen LogP contribution is -2.45. The van der Waals surface area contributed by atoms with Crippen LogP contribution in [0, 0.1) is 0 Å². The predicted molar refractivity (Wildman–Crippen MR) is 98.2 cm³/mol. The van der Waals surface area contributed by atoms with Crippen molar-refractivity contribution >= 4 is 12.0 Å². The number of amides is 1. The van der Waals surface area contributed by atoms with Crippen molar-refractivity contribution in [1.29, 1.82) is 0 Å². The average Bonchev–Trinajstić information content (AvgIpc) is 2.60. The van der Waals surface area contributed by atoms with Gasteiger partial charge in [0.1, 0.15) is 5.75 Å². The minimum atomic E-state index is -0.0559. The molecule has 1 aromatic carbocycles. The molecule has 1 amide bonds. The number of nitrogens with one attached hydrogen (secondary N) is 1. The van der Waals surface area contributed by atoms with Crippen LogP contribution in [0.3, 0.4) is 0 Å². The van der Waals surface area contributed by atoms with Crippen molar-refractivity contribution in [3.63, 3.8) is 0 Å². The number of nitrogens with zero attached hydrogens (tertiary/aromatic N) is 2. The minimum Gasteiger partial charge on any atom is -0.493 e. The number of hydrogen-bond acceptors (Lipinski definition) is 4. The van der Waals surface area contributed by atoms with E-state index in [0.717, 1.165) is 50.5 Å². The summed E-state index contributed by atoms with van der Waals surface area (Å²) in [5, 5.41) is 2.95. The number of para-hydroxylation sites is 1. The summed E-state index contributed by atoms with van der Waals surface area (Å²) < 4.78 is 5.55. The number of ether oxygens (including phenoxy) is 1. The molecule has 5 nitrogen and oxygen atoms in total. The molecular formula is C19H29N3O2. The Morgan fingerprint density at radius 2 is 2.00 bits per heavy atom. The number of rotatable bonds is 8. The number of piperazine rings is 1. The van der Waals surface area contributed by atoms with Crippen molar-refractivity contribution in [2.75, 3.05) is 52.9 Å². The highest BCUT2D eigenvalue weighted by atomic mass is 16.5. The summed E-state index contributed by atoms with van der Waals surface area (Å²) in [7, 11) is 2.16. The van der Waals surface area contributed by atoms with Crippen LogP contribution in [0.1, 0.15) is 18.9 Å². The first-order chi connectivity index (χ1) is 11.7. The number of carbonyl (C=O) groups is 1. The number of likely N-dealkylation sites (N-methyl/N-ethyl adjacent to an activating group) is 1. The van der Waals surface area contributed by atoms with Crippen LogP contribution in [0.25, 0.3) is 6.08 Å². The summed E-state index contributed by atoms with van der Waals surface area (Å²) >= 11 is 0. The third-order valence-corrected chi connectivity index (χ3v) is 4.18. The van der Waals surface area contributed by atoms with Gasteiger partial charge in [0.05, 0.1) is 6.61 Å². The van der Waals surface area contributed by atoms with Gasteiger partial charge in [0.2, 0.25) is 5.91 Å². The van der Waals surface area contributed by atoms with Gasteiger partial charge in [0, 0.05) is 44.4 Å². The van der Waals surface area contributed by atoms with E-state index in [1.54, 1.807) is 12.2 Å². The first kappa shape index (κ1) is 18.5. The van der Waals surface area contributed by atoms with E-state index in [4.69, 9.17) is 4.74 Å². The lowest BCUT2D eigenvalue weighted by Gasteiger charge is -2.32. The monoisotopic (exact) mass is 331 g/mol. The van der Waals surface area contributed by atoms with Gasteiger partial charge >= 0.3 is 0 Å². The molecule has 1 saturated heterocycles. The highest BCUT2D eigenvalue weighted by Gasteiger charge is 2.12. The van der Waals surface area contributed by atoms with Gasteiger partial charge in [-0.1, -0.05) is 18.2 Å². The highest BCUT2D eigenvalue weighted by molar-refractivity contribution is 5.92. The third-order valence-electron chi connectivity index (χ3n) is 4.18. The molecule has 24 heavy (non-hydrogen) atoms. The zero-order chi connectivity index (χ0) is 17.2. The maximum atomic E-state index is 11.9. The molecule has 0 saturated carbocycles. The molecule has 0 radical (unpaired) electrons. The van der Waals surface area contributed by atoms with Gasteiger partial charge in [0.15, 0.2) is 0 Å². The van der Waals surface area contributed by atoms with Crippen LogP contribution in [0.5, 0.6) is 5.75 Å². The van der Waals surface area contributed by atoms with Crippen molar-refractivity contribution < 1.29 is 9.53 Å². The molecule has 132 valence electrons. The molecule has 2 rings (SSSR count). The van der Waals surface area contributed by atoms with Crippen molar-refractivity contribution in [1.82, 2.24) is 15.1 Å². The Labute approximate surface area is 145 Å². The normalized spacial score (nSPS) is 16.4. The molecule has 0 bridgehead atoms. The maximum absolute atomic E-state index is 11.9. The zero-order valence-electron chi connectivity index (χ0n) is 14.8. The van der Waals surface area contributed by atoms with E-state index >= 15 is 0 Å². The molecule has 0 aromatic heterocycles. The van der Waals surface area contributed by atoms with Gasteiger partial charge in [-0.15, -0.1) is 0 Å². The first-order valence-corrected chi connectivity index (χ1v) is 8.77. The van der Waals surface area contributed by atoms with E-state index in [2.05, 4.69) is 22.2 Å². The second-order valence-corrected chi connectivity index (χ2v) is 6.09. The van der Waals surface area contributed by atoms with Crippen molar-refractivity contribution in [3.8, 4) is 5.75 Å². The fourth-order valence-corrected chi connectivity index (χ4v) is 2.72. The molecule has 0 atom stereocenters. The second kappa shape index (κ2) is 10.1. The summed E-state index contributed by atoms with van der Waals surface area (Å²) in [6.07, 6.45) is 4.37. The van der Waals surface area contributed by atoms with Gasteiger partial charge in [-0.05, 0) is 39.1 Å². The molecule has 0 unspecified atom stereocenters. The van der Waals surface area contributed by atoms with Crippen LogP contribution in [-0.2, 0) is 4.79 Å². The topological polar surface area (TPSA) is 44.8 Å². The Kier molecular flexibility index (Phi) is 7.79. The molecule has 1 N–H and O–H groups in total. The fourth-order valence-electron chi connectivity index (χ4n) is 2.72. The van der Waals surface area contributed by atoms with Gasteiger partial charge in [0.25, 0.3) is 0 Å². The Bertz CT molecular complexity index is 537. The largest absolute Gasteiger partial charge is 0.493 e. The molecule has 0 spiro atoms. The fraction of sp³-hybridized carbons (Fsp3) is 0.526.